The fourth-order valence-corrected chi connectivity index (χ4v) is 4.02. The standard InChI is InChI=1S/C15H22BrNO2S/c1-11-15(5-7-19-11)20-13-4-3-12(14(16)9-13)10-17-6-8-18-2/h3-4,9,11,15,17H,5-8,10H2,1-2H3. The van der Waals surface area contributed by atoms with Crippen molar-refractivity contribution in [2.45, 2.75) is 36.1 Å². The first-order valence-corrected chi connectivity index (χ1v) is 8.64. The molecule has 0 spiro atoms. The van der Waals surface area contributed by atoms with E-state index in [-0.39, 0.29) is 0 Å². The summed E-state index contributed by atoms with van der Waals surface area (Å²) >= 11 is 5.58. The van der Waals surface area contributed by atoms with Gasteiger partial charge in [0.25, 0.3) is 0 Å². The largest absolute Gasteiger partial charge is 0.383 e. The third-order valence-electron chi connectivity index (χ3n) is 3.42. The maximum Gasteiger partial charge on any atom is 0.0669 e. The predicted molar refractivity (Wildman–Crippen MR) is 87.4 cm³/mol. The Morgan fingerprint density at radius 3 is 3.00 bits per heavy atom. The highest BCUT2D eigenvalue weighted by Gasteiger charge is 2.25. The molecular weight excluding hydrogens is 338 g/mol. The molecule has 3 nitrogen and oxygen atoms in total. The molecule has 2 unspecified atom stereocenters. The predicted octanol–water partition coefficient (Wildman–Crippen LogP) is 3.45. The van der Waals surface area contributed by atoms with Crippen molar-refractivity contribution in [1.29, 1.82) is 0 Å². The van der Waals surface area contributed by atoms with E-state index in [9.17, 15) is 0 Å². The van der Waals surface area contributed by atoms with Crippen molar-refractivity contribution in [1.82, 2.24) is 5.32 Å². The third kappa shape index (κ3) is 4.74. The Morgan fingerprint density at radius 2 is 2.35 bits per heavy atom. The fourth-order valence-electron chi connectivity index (χ4n) is 2.18. The topological polar surface area (TPSA) is 30.5 Å². The van der Waals surface area contributed by atoms with Crippen LogP contribution in [0.25, 0.3) is 0 Å². The minimum Gasteiger partial charge on any atom is -0.383 e. The van der Waals surface area contributed by atoms with Crippen LogP contribution in [0.5, 0.6) is 0 Å². The van der Waals surface area contributed by atoms with Gasteiger partial charge >= 0.3 is 0 Å². The molecular formula is C15H22BrNO2S. The first-order chi connectivity index (χ1) is 9.70. The summed E-state index contributed by atoms with van der Waals surface area (Å²) < 4.78 is 11.8. The molecule has 0 amide bonds. The van der Waals surface area contributed by atoms with E-state index in [0.29, 0.717) is 11.4 Å². The molecule has 0 saturated carbocycles. The molecule has 0 bridgehead atoms. The zero-order valence-electron chi connectivity index (χ0n) is 12.0. The summed E-state index contributed by atoms with van der Waals surface area (Å²) in [5.41, 5.74) is 1.28. The van der Waals surface area contributed by atoms with Gasteiger partial charge in [-0.2, -0.15) is 0 Å². The molecule has 1 fully saturated rings. The normalized spacial score (nSPS) is 22.4. The van der Waals surface area contributed by atoms with Crippen molar-refractivity contribution in [2.75, 3.05) is 26.9 Å². The summed E-state index contributed by atoms with van der Waals surface area (Å²) in [6, 6.07) is 6.60. The van der Waals surface area contributed by atoms with Gasteiger partial charge < -0.3 is 14.8 Å². The van der Waals surface area contributed by atoms with E-state index in [1.54, 1.807) is 7.11 Å². The number of benzene rings is 1. The van der Waals surface area contributed by atoms with Crippen molar-refractivity contribution >= 4 is 27.7 Å². The molecule has 1 saturated heterocycles. The van der Waals surface area contributed by atoms with Crippen LogP contribution in [0.2, 0.25) is 0 Å². The molecule has 20 heavy (non-hydrogen) atoms. The molecule has 1 aromatic rings. The zero-order chi connectivity index (χ0) is 14.4. The second-order valence-corrected chi connectivity index (χ2v) is 7.11. The van der Waals surface area contributed by atoms with E-state index in [1.807, 2.05) is 11.8 Å². The molecule has 1 heterocycles. The number of halogens is 1. The Balaban J connectivity index is 1.88. The van der Waals surface area contributed by atoms with Crippen molar-refractivity contribution in [2.24, 2.45) is 0 Å². The van der Waals surface area contributed by atoms with Crippen LogP contribution in [0.4, 0.5) is 0 Å². The van der Waals surface area contributed by atoms with Crippen LogP contribution in [-0.2, 0) is 16.0 Å². The molecule has 2 atom stereocenters. The third-order valence-corrected chi connectivity index (χ3v) is 5.60. The van der Waals surface area contributed by atoms with Gasteiger partial charge in [-0.25, -0.2) is 0 Å². The van der Waals surface area contributed by atoms with Gasteiger partial charge in [0.2, 0.25) is 0 Å². The fraction of sp³-hybridized carbons (Fsp3) is 0.600. The molecule has 1 aliphatic rings. The summed E-state index contributed by atoms with van der Waals surface area (Å²) in [4.78, 5) is 1.31. The van der Waals surface area contributed by atoms with Crippen molar-refractivity contribution in [3.8, 4) is 0 Å². The quantitative estimate of drug-likeness (QED) is 0.755. The minimum atomic E-state index is 0.356. The van der Waals surface area contributed by atoms with Gasteiger partial charge in [-0.1, -0.05) is 22.0 Å². The lowest BCUT2D eigenvalue weighted by Crippen LogP contribution is -2.18. The van der Waals surface area contributed by atoms with E-state index in [4.69, 9.17) is 9.47 Å². The Labute approximate surface area is 133 Å². The molecule has 0 radical (unpaired) electrons. The monoisotopic (exact) mass is 359 g/mol. The summed E-state index contributed by atoms with van der Waals surface area (Å²) in [6.45, 7) is 5.52. The number of nitrogens with one attached hydrogen (secondary N) is 1. The Kier molecular flexibility index (Phi) is 6.84. The lowest BCUT2D eigenvalue weighted by molar-refractivity contribution is 0.127. The number of thioether (sulfide) groups is 1. The highest BCUT2D eigenvalue weighted by atomic mass is 79.9. The van der Waals surface area contributed by atoms with Gasteiger partial charge in [0.1, 0.15) is 0 Å². The van der Waals surface area contributed by atoms with Crippen LogP contribution < -0.4 is 5.32 Å². The van der Waals surface area contributed by atoms with E-state index in [1.165, 1.54) is 14.9 Å². The number of methoxy groups -OCH3 is 1. The molecule has 1 aliphatic heterocycles. The highest BCUT2D eigenvalue weighted by molar-refractivity contribution is 9.10. The Morgan fingerprint density at radius 1 is 1.50 bits per heavy atom. The SMILES string of the molecule is COCCNCc1ccc(SC2CCOC2C)cc1Br. The molecule has 2 rings (SSSR count). The Hall–Kier alpha value is -0.0700. The van der Waals surface area contributed by atoms with Crippen LogP contribution in [0.15, 0.2) is 27.6 Å². The number of rotatable bonds is 7. The van der Waals surface area contributed by atoms with E-state index in [0.717, 1.165) is 32.7 Å². The zero-order valence-corrected chi connectivity index (χ0v) is 14.4. The van der Waals surface area contributed by atoms with Crippen LogP contribution in [-0.4, -0.2) is 38.2 Å². The smallest absolute Gasteiger partial charge is 0.0669 e. The Bertz CT molecular complexity index is 430. The van der Waals surface area contributed by atoms with Crippen molar-refractivity contribution in [3.05, 3.63) is 28.2 Å². The highest BCUT2D eigenvalue weighted by Crippen LogP contribution is 2.34. The lowest BCUT2D eigenvalue weighted by Gasteiger charge is -2.14. The summed E-state index contributed by atoms with van der Waals surface area (Å²) in [6.07, 6.45) is 1.50. The lowest BCUT2D eigenvalue weighted by atomic mass is 10.2. The number of hydrogen-bond donors (Lipinski definition) is 1. The van der Waals surface area contributed by atoms with Crippen LogP contribution in [0.3, 0.4) is 0 Å². The molecule has 0 aliphatic carbocycles. The molecule has 0 aromatic heterocycles. The molecule has 1 N–H and O–H groups in total. The van der Waals surface area contributed by atoms with E-state index in [2.05, 4.69) is 46.4 Å². The van der Waals surface area contributed by atoms with Gasteiger partial charge in [-0.3, -0.25) is 0 Å². The number of hydrogen-bond acceptors (Lipinski definition) is 4. The van der Waals surface area contributed by atoms with Crippen LogP contribution >= 0.6 is 27.7 Å². The van der Waals surface area contributed by atoms with Crippen molar-refractivity contribution < 1.29 is 9.47 Å². The van der Waals surface area contributed by atoms with Crippen LogP contribution in [0.1, 0.15) is 18.9 Å². The maximum atomic E-state index is 5.61. The van der Waals surface area contributed by atoms with Gasteiger partial charge in [0.15, 0.2) is 0 Å². The maximum absolute atomic E-state index is 5.61. The van der Waals surface area contributed by atoms with Gasteiger partial charge in [-0.15, -0.1) is 11.8 Å². The molecule has 1 aromatic carbocycles. The summed E-state index contributed by atoms with van der Waals surface area (Å²) in [7, 11) is 1.72. The summed E-state index contributed by atoms with van der Waals surface area (Å²) in [5.74, 6) is 0. The van der Waals surface area contributed by atoms with Gasteiger partial charge in [0, 0.05) is 41.4 Å². The summed E-state index contributed by atoms with van der Waals surface area (Å²) in [5, 5.41) is 3.94. The average molecular weight is 360 g/mol. The van der Waals surface area contributed by atoms with E-state index < -0.39 is 0 Å². The van der Waals surface area contributed by atoms with Crippen molar-refractivity contribution in [3.63, 3.8) is 0 Å². The van der Waals surface area contributed by atoms with Gasteiger partial charge in [-0.05, 0) is 31.0 Å². The first kappa shape index (κ1) is 16.3. The molecule has 5 heteroatoms. The van der Waals surface area contributed by atoms with Gasteiger partial charge in [0.05, 0.1) is 12.7 Å². The van der Waals surface area contributed by atoms with Crippen LogP contribution in [0, 0.1) is 0 Å². The minimum absolute atomic E-state index is 0.356. The second kappa shape index (κ2) is 8.39. The second-order valence-electron chi connectivity index (χ2n) is 4.94. The first-order valence-electron chi connectivity index (χ1n) is 6.97. The number of ether oxygens (including phenoxy) is 2. The molecule has 112 valence electrons. The van der Waals surface area contributed by atoms with E-state index >= 15 is 0 Å². The average Bonchev–Trinajstić information content (AvgIpc) is 2.82.